The quantitative estimate of drug-likeness (QED) is 0.878. The molecule has 0 aromatic heterocycles. The maximum absolute atomic E-state index is 11.8. The molecule has 0 aliphatic heterocycles. The Bertz CT molecular complexity index is 543. The van der Waals surface area contributed by atoms with Crippen molar-refractivity contribution in [2.45, 2.75) is 6.42 Å². The van der Waals surface area contributed by atoms with Crippen LogP contribution in [-0.2, 0) is 4.79 Å². The van der Waals surface area contributed by atoms with Crippen LogP contribution in [0.1, 0.15) is 6.42 Å². The van der Waals surface area contributed by atoms with Gasteiger partial charge in [0.2, 0.25) is 5.91 Å². The van der Waals surface area contributed by atoms with Gasteiger partial charge >= 0.3 is 0 Å². The van der Waals surface area contributed by atoms with Gasteiger partial charge in [0.15, 0.2) is 0 Å². The molecule has 0 aliphatic rings. The smallest absolute Gasteiger partial charge is 0.226 e. The maximum atomic E-state index is 11.8. The third-order valence-corrected chi connectivity index (χ3v) is 3.29. The van der Waals surface area contributed by atoms with Crippen molar-refractivity contribution in [1.29, 1.82) is 0 Å². The van der Waals surface area contributed by atoms with Crippen LogP contribution in [-0.4, -0.2) is 12.5 Å². The van der Waals surface area contributed by atoms with E-state index >= 15 is 0 Å². The van der Waals surface area contributed by atoms with Crippen LogP contribution in [0.25, 0.3) is 0 Å². The van der Waals surface area contributed by atoms with Gasteiger partial charge in [-0.25, -0.2) is 0 Å². The summed E-state index contributed by atoms with van der Waals surface area (Å²) in [6.45, 7) is 0.611. The largest absolute Gasteiger partial charge is 0.385 e. The fraction of sp³-hybridized carbons (Fsp3) is 0.133. The summed E-state index contributed by atoms with van der Waals surface area (Å²) in [5, 5.41) is 6.07. The first-order valence-electron chi connectivity index (χ1n) is 6.09. The van der Waals surface area contributed by atoms with E-state index in [0.717, 1.165) is 15.8 Å². The molecule has 0 atom stereocenters. The van der Waals surface area contributed by atoms with E-state index in [1.54, 1.807) is 0 Å². The second-order valence-electron chi connectivity index (χ2n) is 4.07. The summed E-state index contributed by atoms with van der Waals surface area (Å²) in [6.07, 6.45) is 0.427. The second kappa shape index (κ2) is 6.95. The van der Waals surface area contributed by atoms with E-state index in [2.05, 4.69) is 26.6 Å². The van der Waals surface area contributed by atoms with Crippen molar-refractivity contribution in [1.82, 2.24) is 0 Å². The van der Waals surface area contributed by atoms with Gasteiger partial charge in [-0.1, -0.05) is 30.3 Å². The zero-order valence-electron chi connectivity index (χ0n) is 10.4. The molecular weight excluding hydrogens is 304 g/mol. The topological polar surface area (TPSA) is 41.1 Å². The number of carbonyl (C=O) groups excluding carboxylic acids is 1. The van der Waals surface area contributed by atoms with E-state index in [4.69, 9.17) is 0 Å². The lowest BCUT2D eigenvalue weighted by atomic mass is 10.3. The summed E-state index contributed by atoms with van der Waals surface area (Å²) in [5.41, 5.74) is 1.82. The van der Waals surface area contributed by atoms with Gasteiger partial charge in [0.25, 0.3) is 0 Å². The number of benzene rings is 2. The molecule has 1 amide bonds. The fourth-order valence-corrected chi connectivity index (χ4v) is 2.04. The summed E-state index contributed by atoms with van der Waals surface area (Å²) in [5.74, 6) is -0.00432. The molecule has 0 aliphatic carbocycles. The number of amides is 1. The monoisotopic (exact) mass is 318 g/mol. The van der Waals surface area contributed by atoms with E-state index in [1.165, 1.54) is 0 Å². The molecule has 0 fully saturated rings. The number of para-hydroxylation sites is 2. The molecule has 0 saturated carbocycles. The van der Waals surface area contributed by atoms with Gasteiger partial charge in [-0.15, -0.1) is 0 Å². The van der Waals surface area contributed by atoms with Crippen LogP contribution in [0, 0.1) is 0 Å². The molecule has 2 aromatic rings. The molecule has 2 N–H and O–H groups in total. The first kappa shape index (κ1) is 13.6. The Hall–Kier alpha value is -1.81. The van der Waals surface area contributed by atoms with Gasteiger partial charge in [0.1, 0.15) is 0 Å². The van der Waals surface area contributed by atoms with Crippen molar-refractivity contribution >= 4 is 33.2 Å². The third kappa shape index (κ3) is 4.41. The SMILES string of the molecule is O=C(CCNc1ccccc1)Nc1ccccc1Br. The van der Waals surface area contributed by atoms with Gasteiger partial charge < -0.3 is 10.6 Å². The van der Waals surface area contributed by atoms with Crippen LogP contribution in [0.5, 0.6) is 0 Å². The van der Waals surface area contributed by atoms with Crippen molar-refractivity contribution in [2.24, 2.45) is 0 Å². The molecule has 0 saturated heterocycles. The van der Waals surface area contributed by atoms with Gasteiger partial charge in [-0.05, 0) is 40.2 Å². The molecule has 2 rings (SSSR count). The average Bonchev–Trinajstić information content (AvgIpc) is 2.43. The van der Waals surface area contributed by atoms with Crippen molar-refractivity contribution in [3.8, 4) is 0 Å². The first-order valence-corrected chi connectivity index (χ1v) is 6.88. The Morgan fingerprint density at radius 3 is 2.42 bits per heavy atom. The summed E-state index contributed by atoms with van der Waals surface area (Å²) in [4.78, 5) is 11.8. The third-order valence-electron chi connectivity index (χ3n) is 2.60. The van der Waals surface area contributed by atoms with Gasteiger partial charge in [-0.2, -0.15) is 0 Å². The predicted molar refractivity (Wildman–Crippen MR) is 82.3 cm³/mol. The van der Waals surface area contributed by atoms with Crippen molar-refractivity contribution in [3.63, 3.8) is 0 Å². The first-order chi connectivity index (χ1) is 9.25. The Labute approximate surface area is 121 Å². The normalized spacial score (nSPS) is 9.95. The molecule has 98 valence electrons. The molecule has 3 nitrogen and oxygen atoms in total. The van der Waals surface area contributed by atoms with E-state index < -0.39 is 0 Å². The molecule has 0 spiro atoms. The van der Waals surface area contributed by atoms with E-state index in [-0.39, 0.29) is 5.91 Å². The number of nitrogens with one attached hydrogen (secondary N) is 2. The van der Waals surface area contributed by atoms with Crippen molar-refractivity contribution < 1.29 is 4.79 Å². The molecule has 19 heavy (non-hydrogen) atoms. The minimum absolute atomic E-state index is 0.00432. The minimum atomic E-state index is -0.00432. The minimum Gasteiger partial charge on any atom is -0.385 e. The lowest BCUT2D eigenvalue weighted by Crippen LogP contribution is -2.16. The highest BCUT2D eigenvalue weighted by Crippen LogP contribution is 2.21. The lowest BCUT2D eigenvalue weighted by Gasteiger charge is -2.08. The molecule has 0 radical (unpaired) electrons. The highest BCUT2D eigenvalue weighted by Gasteiger charge is 2.04. The maximum Gasteiger partial charge on any atom is 0.226 e. The van der Waals surface area contributed by atoms with Gasteiger partial charge in [0, 0.05) is 23.1 Å². The van der Waals surface area contributed by atoms with Crippen LogP contribution in [0.15, 0.2) is 59.1 Å². The number of rotatable bonds is 5. The number of carbonyl (C=O) groups is 1. The molecule has 0 unspecified atom stereocenters. The zero-order valence-corrected chi connectivity index (χ0v) is 12.0. The average molecular weight is 319 g/mol. The number of halogens is 1. The number of hydrogen-bond acceptors (Lipinski definition) is 2. The molecule has 2 aromatic carbocycles. The van der Waals surface area contributed by atoms with Crippen LogP contribution in [0.4, 0.5) is 11.4 Å². The van der Waals surface area contributed by atoms with Crippen LogP contribution in [0.2, 0.25) is 0 Å². The Balaban J connectivity index is 1.78. The lowest BCUT2D eigenvalue weighted by molar-refractivity contribution is -0.115. The Morgan fingerprint density at radius 2 is 1.68 bits per heavy atom. The zero-order chi connectivity index (χ0) is 13.5. The van der Waals surface area contributed by atoms with Crippen molar-refractivity contribution in [3.05, 3.63) is 59.1 Å². The van der Waals surface area contributed by atoms with Crippen LogP contribution >= 0.6 is 15.9 Å². The molecular formula is C15H15BrN2O. The highest BCUT2D eigenvalue weighted by molar-refractivity contribution is 9.10. The van der Waals surface area contributed by atoms with Crippen LogP contribution in [0.3, 0.4) is 0 Å². The van der Waals surface area contributed by atoms with Gasteiger partial charge in [0.05, 0.1) is 5.69 Å². The molecule has 0 bridgehead atoms. The van der Waals surface area contributed by atoms with E-state index in [9.17, 15) is 4.79 Å². The van der Waals surface area contributed by atoms with E-state index in [0.29, 0.717) is 13.0 Å². The van der Waals surface area contributed by atoms with Gasteiger partial charge in [-0.3, -0.25) is 4.79 Å². The summed E-state index contributed by atoms with van der Waals surface area (Å²) in [6, 6.07) is 17.4. The molecule has 4 heteroatoms. The number of hydrogen-bond donors (Lipinski definition) is 2. The summed E-state index contributed by atoms with van der Waals surface area (Å²) < 4.78 is 0.888. The fourth-order valence-electron chi connectivity index (χ4n) is 1.65. The second-order valence-corrected chi connectivity index (χ2v) is 4.93. The standard InChI is InChI=1S/C15H15BrN2O/c16-13-8-4-5-9-14(13)18-15(19)10-11-17-12-6-2-1-3-7-12/h1-9,17H,10-11H2,(H,18,19). The predicted octanol–water partition coefficient (Wildman–Crippen LogP) is 3.89. The van der Waals surface area contributed by atoms with Crippen LogP contribution < -0.4 is 10.6 Å². The number of anilines is 2. The highest BCUT2D eigenvalue weighted by atomic mass is 79.9. The summed E-state index contributed by atoms with van der Waals surface area (Å²) in [7, 11) is 0. The molecule has 0 heterocycles. The summed E-state index contributed by atoms with van der Waals surface area (Å²) >= 11 is 3.40. The van der Waals surface area contributed by atoms with Crippen molar-refractivity contribution in [2.75, 3.05) is 17.2 Å². The Morgan fingerprint density at radius 1 is 1.00 bits per heavy atom. The van der Waals surface area contributed by atoms with E-state index in [1.807, 2.05) is 54.6 Å². The Kier molecular flexibility index (Phi) is 4.98.